The zero-order chi connectivity index (χ0) is 24.8. The molecule has 1 aliphatic carbocycles. The molecule has 1 saturated heterocycles. The number of hydrogen-bond donors (Lipinski definition) is 2. The van der Waals surface area contributed by atoms with E-state index in [1.165, 1.54) is 12.4 Å². The van der Waals surface area contributed by atoms with Gasteiger partial charge in [0.2, 0.25) is 5.91 Å². The molecule has 10 heteroatoms. The third-order valence-electron chi connectivity index (χ3n) is 7.07. The van der Waals surface area contributed by atoms with Crippen LogP contribution in [0, 0.1) is 5.92 Å². The topological polar surface area (TPSA) is 132 Å². The van der Waals surface area contributed by atoms with Crippen LogP contribution in [0.3, 0.4) is 0 Å². The van der Waals surface area contributed by atoms with Crippen LogP contribution in [0.15, 0.2) is 67.6 Å². The van der Waals surface area contributed by atoms with Crippen LogP contribution < -0.4 is 11.1 Å². The van der Waals surface area contributed by atoms with Crippen molar-refractivity contribution < 1.29 is 9.59 Å². The Hall–Kier alpha value is -4.60. The van der Waals surface area contributed by atoms with Gasteiger partial charge in [0.15, 0.2) is 5.65 Å². The third kappa shape index (κ3) is 3.58. The summed E-state index contributed by atoms with van der Waals surface area (Å²) in [6.45, 7) is 4.40. The van der Waals surface area contributed by atoms with Crippen LogP contribution in [0.1, 0.15) is 29.2 Å². The van der Waals surface area contributed by atoms with Crippen LogP contribution in [-0.2, 0) is 4.79 Å². The van der Waals surface area contributed by atoms with Gasteiger partial charge in [-0.05, 0) is 49.1 Å². The monoisotopic (exact) mass is 480 g/mol. The minimum absolute atomic E-state index is 0.0124. The van der Waals surface area contributed by atoms with Gasteiger partial charge in [-0.1, -0.05) is 24.8 Å². The van der Waals surface area contributed by atoms with Gasteiger partial charge in [-0.15, -0.1) is 0 Å². The summed E-state index contributed by atoms with van der Waals surface area (Å²) in [6.07, 6.45) is 6.27. The fourth-order valence-electron chi connectivity index (χ4n) is 5.46. The number of anilines is 2. The Morgan fingerprint density at radius 3 is 2.58 bits per heavy atom. The summed E-state index contributed by atoms with van der Waals surface area (Å²) in [5.74, 6) is 0.921. The van der Waals surface area contributed by atoms with Gasteiger partial charge >= 0.3 is 0 Å². The Balaban J connectivity index is 1.35. The summed E-state index contributed by atoms with van der Waals surface area (Å²) >= 11 is 0. The molecule has 2 amide bonds. The van der Waals surface area contributed by atoms with Crippen LogP contribution >= 0.6 is 0 Å². The minimum atomic E-state index is -0.257. The first kappa shape index (κ1) is 21.9. The number of rotatable bonds is 5. The van der Waals surface area contributed by atoms with Crippen LogP contribution in [-0.4, -0.2) is 54.0 Å². The molecule has 0 unspecified atom stereocenters. The summed E-state index contributed by atoms with van der Waals surface area (Å²) in [4.78, 5) is 39.8. The molecule has 3 aromatic heterocycles. The average molecular weight is 481 g/mol. The number of nitrogens with zero attached hydrogens (tertiary/aromatic N) is 6. The van der Waals surface area contributed by atoms with Crippen LogP contribution in [0.5, 0.6) is 0 Å². The lowest BCUT2D eigenvalue weighted by Gasteiger charge is -2.32. The molecule has 6 rings (SSSR count). The SMILES string of the molecule is C=CC(=O)N1C[C@@H]2C[C@@H]1[C@H](n1nc(-c3ccc(C(=O)Nc4ccccn4)cc3)c3c(N)ncnc31)C2. The van der Waals surface area contributed by atoms with Crippen molar-refractivity contribution in [2.45, 2.75) is 24.9 Å². The van der Waals surface area contributed by atoms with Gasteiger partial charge in [-0.25, -0.2) is 19.6 Å². The molecule has 2 bridgehead atoms. The van der Waals surface area contributed by atoms with E-state index in [0.717, 1.165) is 24.9 Å². The van der Waals surface area contributed by atoms with Gasteiger partial charge in [0.05, 0.1) is 17.5 Å². The van der Waals surface area contributed by atoms with E-state index in [0.29, 0.717) is 39.8 Å². The molecule has 1 aromatic carbocycles. The van der Waals surface area contributed by atoms with E-state index in [1.807, 2.05) is 27.8 Å². The molecule has 3 atom stereocenters. The fourth-order valence-corrected chi connectivity index (χ4v) is 5.46. The first-order valence-electron chi connectivity index (χ1n) is 11.8. The van der Waals surface area contributed by atoms with Crippen molar-refractivity contribution in [1.82, 2.24) is 29.6 Å². The van der Waals surface area contributed by atoms with E-state index < -0.39 is 0 Å². The second-order valence-corrected chi connectivity index (χ2v) is 9.16. The number of piperidine rings is 1. The Labute approximate surface area is 206 Å². The van der Waals surface area contributed by atoms with E-state index >= 15 is 0 Å². The quantitative estimate of drug-likeness (QED) is 0.420. The number of fused-ring (bicyclic) bond motifs is 3. The highest BCUT2D eigenvalue weighted by Gasteiger charge is 2.48. The summed E-state index contributed by atoms with van der Waals surface area (Å²) < 4.78 is 1.90. The molecule has 4 heterocycles. The molecule has 1 aliphatic heterocycles. The number of nitrogen functional groups attached to an aromatic ring is 1. The summed E-state index contributed by atoms with van der Waals surface area (Å²) in [5.41, 5.74) is 8.85. The van der Waals surface area contributed by atoms with E-state index in [2.05, 4.69) is 26.8 Å². The Bertz CT molecular complexity index is 1480. The molecule has 0 spiro atoms. The van der Waals surface area contributed by atoms with Gasteiger partial charge in [0.1, 0.15) is 23.7 Å². The number of benzene rings is 1. The zero-order valence-electron chi connectivity index (χ0n) is 19.4. The van der Waals surface area contributed by atoms with Crippen molar-refractivity contribution in [2.75, 3.05) is 17.6 Å². The standard InChI is InChI=1S/C26H24N8O2/c1-2-21(35)33-13-15-11-18(33)19(12-15)34-25-22(24(27)29-14-30-25)23(32-34)16-6-8-17(9-7-16)26(36)31-20-5-3-4-10-28-20/h2-10,14-15,18-19H,1,11-13H2,(H2,27,29,30)(H,28,31,36)/t15-,18-,19-/m1/s1. The van der Waals surface area contributed by atoms with Crippen LogP contribution in [0.4, 0.5) is 11.6 Å². The number of carbonyl (C=O) groups excluding carboxylic acids is 2. The maximum atomic E-state index is 12.6. The summed E-state index contributed by atoms with van der Waals surface area (Å²) in [5, 5.41) is 8.38. The Morgan fingerprint density at radius 1 is 1.06 bits per heavy atom. The number of carbonyl (C=O) groups is 2. The molecule has 1 saturated carbocycles. The fraction of sp³-hybridized carbons (Fsp3) is 0.231. The van der Waals surface area contributed by atoms with Crippen molar-refractivity contribution in [1.29, 1.82) is 0 Å². The van der Waals surface area contributed by atoms with E-state index in [1.54, 1.807) is 30.5 Å². The lowest BCUT2D eigenvalue weighted by Crippen LogP contribution is -2.42. The molecular formula is C26H24N8O2. The number of nitrogens with two attached hydrogens (primary N) is 1. The largest absolute Gasteiger partial charge is 0.383 e. The third-order valence-corrected chi connectivity index (χ3v) is 7.07. The zero-order valence-corrected chi connectivity index (χ0v) is 19.4. The second-order valence-electron chi connectivity index (χ2n) is 9.16. The predicted molar refractivity (Wildman–Crippen MR) is 135 cm³/mol. The number of aromatic nitrogens is 5. The number of nitrogens with one attached hydrogen (secondary N) is 1. The number of amides is 2. The average Bonchev–Trinajstić information content (AvgIpc) is 3.62. The molecule has 36 heavy (non-hydrogen) atoms. The van der Waals surface area contributed by atoms with Crippen molar-refractivity contribution in [3.05, 3.63) is 73.2 Å². The minimum Gasteiger partial charge on any atom is -0.383 e. The molecule has 4 aromatic rings. The first-order valence-corrected chi connectivity index (χ1v) is 11.8. The van der Waals surface area contributed by atoms with Crippen LogP contribution in [0.2, 0.25) is 0 Å². The number of hydrogen-bond acceptors (Lipinski definition) is 7. The number of likely N-dealkylation sites (tertiary alicyclic amines) is 1. The van der Waals surface area contributed by atoms with Crippen molar-refractivity contribution in [2.24, 2.45) is 5.92 Å². The highest BCUT2D eigenvalue weighted by molar-refractivity contribution is 6.04. The maximum absolute atomic E-state index is 12.6. The first-order chi connectivity index (χ1) is 17.5. The van der Waals surface area contributed by atoms with Gasteiger partial charge in [0.25, 0.3) is 5.91 Å². The molecule has 2 fully saturated rings. The highest BCUT2D eigenvalue weighted by atomic mass is 16.2. The Kier molecular flexibility index (Phi) is 5.21. The lowest BCUT2D eigenvalue weighted by atomic mass is 10.1. The molecular weight excluding hydrogens is 456 g/mol. The van der Waals surface area contributed by atoms with Gasteiger partial charge in [-0.3, -0.25) is 9.59 Å². The Morgan fingerprint density at radius 2 is 1.86 bits per heavy atom. The lowest BCUT2D eigenvalue weighted by molar-refractivity contribution is -0.128. The van der Waals surface area contributed by atoms with Gasteiger partial charge in [-0.2, -0.15) is 5.10 Å². The normalized spacial score (nSPS) is 20.6. The highest BCUT2D eigenvalue weighted by Crippen LogP contribution is 2.46. The van der Waals surface area contributed by atoms with Crippen LogP contribution in [0.25, 0.3) is 22.3 Å². The van der Waals surface area contributed by atoms with Crippen molar-refractivity contribution >= 4 is 34.5 Å². The smallest absolute Gasteiger partial charge is 0.256 e. The summed E-state index contributed by atoms with van der Waals surface area (Å²) in [6, 6.07) is 12.5. The van der Waals surface area contributed by atoms with Crippen molar-refractivity contribution in [3.63, 3.8) is 0 Å². The number of pyridine rings is 1. The maximum Gasteiger partial charge on any atom is 0.256 e. The van der Waals surface area contributed by atoms with E-state index in [9.17, 15) is 9.59 Å². The molecule has 3 N–H and O–H groups in total. The summed E-state index contributed by atoms with van der Waals surface area (Å²) in [7, 11) is 0. The van der Waals surface area contributed by atoms with E-state index in [4.69, 9.17) is 10.8 Å². The molecule has 180 valence electrons. The molecule has 2 aliphatic rings. The predicted octanol–water partition coefficient (Wildman–Crippen LogP) is 3.07. The molecule has 0 radical (unpaired) electrons. The van der Waals surface area contributed by atoms with Gasteiger partial charge < -0.3 is 16.0 Å². The van der Waals surface area contributed by atoms with Crippen molar-refractivity contribution in [3.8, 4) is 11.3 Å². The van der Waals surface area contributed by atoms with Gasteiger partial charge in [0, 0.05) is 23.9 Å². The van der Waals surface area contributed by atoms with E-state index in [-0.39, 0.29) is 23.9 Å². The molecule has 10 nitrogen and oxygen atoms in total. The second kappa shape index (κ2) is 8.56.